The lowest BCUT2D eigenvalue weighted by Crippen LogP contribution is -2.15. The van der Waals surface area contributed by atoms with Crippen molar-refractivity contribution in [1.29, 1.82) is 0 Å². The Labute approximate surface area is 123 Å². The number of aromatic nitrogens is 1. The third-order valence-electron chi connectivity index (χ3n) is 2.61. The number of carbonyl (C=O) groups excluding carboxylic acids is 1. The van der Waals surface area contributed by atoms with Crippen LogP contribution in [0.5, 0.6) is 0 Å². The van der Waals surface area contributed by atoms with Gasteiger partial charge in [0.1, 0.15) is 5.82 Å². The molecule has 1 aromatic heterocycles. The van der Waals surface area contributed by atoms with Gasteiger partial charge in [-0.1, -0.05) is 29.8 Å². The fraction of sp³-hybridized carbons (Fsp3) is 0.143. The molecule has 0 fully saturated rings. The molecule has 0 bridgehead atoms. The van der Waals surface area contributed by atoms with Gasteiger partial charge in [-0.25, -0.2) is 4.98 Å². The third-order valence-corrected chi connectivity index (χ3v) is 2.84. The second kappa shape index (κ2) is 6.13. The van der Waals surface area contributed by atoms with Crippen LogP contribution in [0.4, 0.5) is 19.0 Å². The van der Waals surface area contributed by atoms with E-state index in [0.717, 1.165) is 12.1 Å². The van der Waals surface area contributed by atoms with Crippen molar-refractivity contribution in [3.05, 3.63) is 58.7 Å². The zero-order valence-corrected chi connectivity index (χ0v) is 11.4. The van der Waals surface area contributed by atoms with Crippen LogP contribution in [-0.2, 0) is 17.4 Å². The van der Waals surface area contributed by atoms with Crippen LogP contribution in [-0.4, -0.2) is 10.9 Å². The number of amides is 1. The third kappa shape index (κ3) is 4.46. The second-order valence-electron chi connectivity index (χ2n) is 4.28. The molecule has 1 heterocycles. The lowest BCUT2D eigenvalue weighted by atomic mass is 10.1. The van der Waals surface area contributed by atoms with Gasteiger partial charge in [-0.05, 0) is 23.8 Å². The lowest BCUT2D eigenvalue weighted by Gasteiger charge is -2.09. The molecular formula is C14H10ClF3N2O. The van der Waals surface area contributed by atoms with Gasteiger partial charge in [0.2, 0.25) is 5.91 Å². The number of carbonyl (C=O) groups is 1. The van der Waals surface area contributed by atoms with Gasteiger partial charge in [-0.2, -0.15) is 13.2 Å². The highest BCUT2D eigenvalue weighted by Crippen LogP contribution is 2.29. The standard InChI is InChI=1S/C14H10ClF3N2O/c15-11-4-5-12(19-8-11)20-13(21)7-9-2-1-3-10(6-9)14(16,17)18/h1-6,8H,7H2,(H,19,20,21). The Hall–Kier alpha value is -2.08. The summed E-state index contributed by atoms with van der Waals surface area (Å²) < 4.78 is 37.7. The summed E-state index contributed by atoms with van der Waals surface area (Å²) in [5, 5.41) is 2.91. The maximum atomic E-state index is 12.6. The van der Waals surface area contributed by atoms with Gasteiger partial charge in [0.25, 0.3) is 0 Å². The molecule has 0 saturated heterocycles. The number of anilines is 1. The smallest absolute Gasteiger partial charge is 0.310 e. The first-order valence-corrected chi connectivity index (χ1v) is 6.30. The predicted molar refractivity (Wildman–Crippen MR) is 73.0 cm³/mol. The van der Waals surface area contributed by atoms with Crippen molar-refractivity contribution in [2.75, 3.05) is 5.32 Å². The Morgan fingerprint density at radius 2 is 2.00 bits per heavy atom. The zero-order chi connectivity index (χ0) is 15.5. The highest BCUT2D eigenvalue weighted by atomic mass is 35.5. The molecule has 0 aliphatic rings. The van der Waals surface area contributed by atoms with Crippen molar-refractivity contribution < 1.29 is 18.0 Å². The second-order valence-corrected chi connectivity index (χ2v) is 4.72. The van der Waals surface area contributed by atoms with E-state index in [1.165, 1.54) is 24.4 Å². The Balaban J connectivity index is 2.04. The molecule has 3 nitrogen and oxygen atoms in total. The van der Waals surface area contributed by atoms with E-state index in [2.05, 4.69) is 10.3 Å². The molecule has 1 aromatic carbocycles. The molecular weight excluding hydrogens is 305 g/mol. The molecule has 0 aliphatic heterocycles. The fourth-order valence-corrected chi connectivity index (χ4v) is 1.79. The Kier molecular flexibility index (Phi) is 4.47. The van der Waals surface area contributed by atoms with Crippen molar-refractivity contribution in [3.63, 3.8) is 0 Å². The number of rotatable bonds is 3. The predicted octanol–water partition coefficient (Wildman–Crippen LogP) is 3.94. The van der Waals surface area contributed by atoms with E-state index >= 15 is 0 Å². The van der Waals surface area contributed by atoms with E-state index in [9.17, 15) is 18.0 Å². The number of pyridine rings is 1. The summed E-state index contributed by atoms with van der Waals surface area (Å²) in [4.78, 5) is 15.6. The quantitative estimate of drug-likeness (QED) is 0.932. The highest BCUT2D eigenvalue weighted by molar-refractivity contribution is 6.30. The fourth-order valence-electron chi connectivity index (χ4n) is 1.68. The minimum absolute atomic E-state index is 0.172. The van der Waals surface area contributed by atoms with E-state index in [1.54, 1.807) is 6.07 Å². The minimum Gasteiger partial charge on any atom is -0.310 e. The molecule has 0 saturated carbocycles. The number of halogens is 4. The van der Waals surface area contributed by atoms with Crippen LogP contribution in [0.1, 0.15) is 11.1 Å². The molecule has 0 atom stereocenters. The van der Waals surface area contributed by atoms with Crippen LogP contribution in [0, 0.1) is 0 Å². The number of hydrogen-bond acceptors (Lipinski definition) is 2. The van der Waals surface area contributed by atoms with Crippen LogP contribution >= 0.6 is 11.6 Å². The molecule has 110 valence electrons. The summed E-state index contributed by atoms with van der Waals surface area (Å²) in [5.74, 6) is -0.166. The zero-order valence-electron chi connectivity index (χ0n) is 10.6. The average Bonchev–Trinajstić information content (AvgIpc) is 2.41. The number of hydrogen-bond donors (Lipinski definition) is 1. The van der Waals surface area contributed by atoms with Gasteiger partial charge in [-0.15, -0.1) is 0 Å². The summed E-state index contributed by atoms with van der Waals surface area (Å²) in [6.45, 7) is 0. The Bertz CT molecular complexity index is 641. The van der Waals surface area contributed by atoms with E-state index in [0.29, 0.717) is 5.02 Å². The van der Waals surface area contributed by atoms with E-state index < -0.39 is 17.6 Å². The van der Waals surface area contributed by atoms with Crippen LogP contribution in [0.25, 0.3) is 0 Å². The molecule has 2 rings (SSSR count). The normalized spacial score (nSPS) is 11.2. The van der Waals surface area contributed by atoms with Crippen LogP contribution in [0.2, 0.25) is 5.02 Å². The number of nitrogens with one attached hydrogen (secondary N) is 1. The first kappa shape index (κ1) is 15.3. The van der Waals surface area contributed by atoms with Crippen molar-refractivity contribution in [2.45, 2.75) is 12.6 Å². The number of benzene rings is 1. The van der Waals surface area contributed by atoms with Gasteiger partial charge in [0, 0.05) is 6.20 Å². The highest BCUT2D eigenvalue weighted by Gasteiger charge is 2.30. The van der Waals surface area contributed by atoms with Gasteiger partial charge in [0.15, 0.2) is 0 Å². The maximum absolute atomic E-state index is 12.6. The van der Waals surface area contributed by atoms with Gasteiger partial charge in [0.05, 0.1) is 17.0 Å². The first-order valence-electron chi connectivity index (χ1n) is 5.92. The van der Waals surface area contributed by atoms with Crippen LogP contribution in [0.15, 0.2) is 42.6 Å². The summed E-state index contributed by atoms with van der Waals surface area (Å²) in [6, 6.07) is 7.70. The lowest BCUT2D eigenvalue weighted by molar-refractivity contribution is -0.137. The topological polar surface area (TPSA) is 42.0 Å². The molecule has 2 aromatic rings. The molecule has 0 radical (unpaired) electrons. The molecule has 21 heavy (non-hydrogen) atoms. The van der Waals surface area contributed by atoms with Gasteiger partial charge >= 0.3 is 6.18 Å². The van der Waals surface area contributed by atoms with Gasteiger partial charge in [-0.3, -0.25) is 4.79 Å². The molecule has 7 heteroatoms. The summed E-state index contributed by atoms with van der Waals surface area (Å²) in [5.41, 5.74) is -0.506. The van der Waals surface area contributed by atoms with Crippen molar-refractivity contribution in [1.82, 2.24) is 4.98 Å². The minimum atomic E-state index is -4.43. The molecule has 0 unspecified atom stereocenters. The van der Waals surface area contributed by atoms with Crippen LogP contribution < -0.4 is 5.32 Å². The van der Waals surface area contributed by atoms with E-state index in [1.807, 2.05) is 0 Å². The largest absolute Gasteiger partial charge is 0.416 e. The van der Waals surface area contributed by atoms with Crippen molar-refractivity contribution >= 4 is 23.3 Å². The number of nitrogens with zero attached hydrogens (tertiary/aromatic N) is 1. The van der Waals surface area contributed by atoms with Crippen molar-refractivity contribution in [3.8, 4) is 0 Å². The summed E-state index contributed by atoms with van der Waals surface area (Å²) >= 11 is 5.66. The first-order chi connectivity index (χ1) is 9.84. The molecule has 0 spiro atoms. The Morgan fingerprint density at radius 1 is 1.24 bits per heavy atom. The average molecular weight is 315 g/mol. The molecule has 1 amide bonds. The molecule has 1 N–H and O–H groups in total. The summed E-state index contributed by atoms with van der Waals surface area (Å²) in [7, 11) is 0. The van der Waals surface area contributed by atoms with E-state index in [4.69, 9.17) is 11.6 Å². The maximum Gasteiger partial charge on any atom is 0.416 e. The SMILES string of the molecule is O=C(Cc1cccc(C(F)(F)F)c1)Nc1ccc(Cl)cn1. The van der Waals surface area contributed by atoms with Crippen molar-refractivity contribution in [2.24, 2.45) is 0 Å². The monoisotopic (exact) mass is 314 g/mol. The summed E-state index contributed by atoms with van der Waals surface area (Å²) in [6.07, 6.45) is -3.24. The Morgan fingerprint density at radius 3 is 2.62 bits per heavy atom. The molecule has 0 aliphatic carbocycles. The number of alkyl halides is 3. The van der Waals surface area contributed by atoms with Gasteiger partial charge < -0.3 is 5.32 Å². The van der Waals surface area contributed by atoms with E-state index in [-0.39, 0.29) is 17.8 Å². The van der Waals surface area contributed by atoms with Crippen LogP contribution in [0.3, 0.4) is 0 Å².